The number of phenolic OH excluding ortho intramolecular Hbond substituents is 1. The van der Waals surface area contributed by atoms with Gasteiger partial charge in [-0.05, 0) is 25.1 Å². The number of H-pyrrole nitrogens is 1. The van der Waals surface area contributed by atoms with Crippen molar-refractivity contribution in [1.82, 2.24) is 15.0 Å². The molecular formula is C13H12N4O. The zero-order valence-electron chi connectivity index (χ0n) is 9.81. The van der Waals surface area contributed by atoms with Gasteiger partial charge in [0.25, 0.3) is 0 Å². The number of aromatic nitrogens is 3. The lowest BCUT2D eigenvalue weighted by atomic mass is 10.3. The molecule has 0 aliphatic rings. The van der Waals surface area contributed by atoms with Crippen LogP contribution in [0.2, 0.25) is 0 Å². The van der Waals surface area contributed by atoms with Gasteiger partial charge in [-0.2, -0.15) is 0 Å². The SMILES string of the molecule is Cc1cc2c(Nc3cccc(O)c3)ncnc2[nH]1. The molecule has 2 heterocycles. The Morgan fingerprint density at radius 1 is 1.22 bits per heavy atom. The second-order valence-corrected chi connectivity index (χ2v) is 4.11. The van der Waals surface area contributed by atoms with Gasteiger partial charge < -0.3 is 15.4 Å². The highest BCUT2D eigenvalue weighted by Gasteiger charge is 2.06. The number of aryl methyl sites for hydroxylation is 1. The minimum Gasteiger partial charge on any atom is -0.508 e. The third-order valence-electron chi connectivity index (χ3n) is 2.67. The zero-order chi connectivity index (χ0) is 12.5. The van der Waals surface area contributed by atoms with E-state index in [1.54, 1.807) is 18.2 Å². The number of nitrogens with one attached hydrogen (secondary N) is 2. The van der Waals surface area contributed by atoms with E-state index in [0.29, 0.717) is 0 Å². The van der Waals surface area contributed by atoms with Gasteiger partial charge in [0.15, 0.2) is 0 Å². The van der Waals surface area contributed by atoms with Crippen molar-refractivity contribution in [2.24, 2.45) is 0 Å². The summed E-state index contributed by atoms with van der Waals surface area (Å²) in [4.78, 5) is 11.5. The number of hydrogen-bond acceptors (Lipinski definition) is 4. The molecule has 1 aromatic carbocycles. The predicted octanol–water partition coefficient (Wildman–Crippen LogP) is 2.72. The van der Waals surface area contributed by atoms with Crippen molar-refractivity contribution in [3.8, 4) is 5.75 Å². The summed E-state index contributed by atoms with van der Waals surface area (Å²) in [7, 11) is 0. The average molecular weight is 240 g/mol. The van der Waals surface area contributed by atoms with E-state index in [9.17, 15) is 5.11 Å². The van der Waals surface area contributed by atoms with Crippen LogP contribution < -0.4 is 5.32 Å². The summed E-state index contributed by atoms with van der Waals surface area (Å²) in [5.41, 5.74) is 2.61. The number of nitrogens with zero attached hydrogens (tertiary/aromatic N) is 2. The maximum Gasteiger partial charge on any atom is 0.143 e. The number of hydrogen-bond donors (Lipinski definition) is 3. The molecule has 0 unspecified atom stereocenters. The van der Waals surface area contributed by atoms with E-state index < -0.39 is 0 Å². The molecule has 2 aromatic heterocycles. The van der Waals surface area contributed by atoms with Crippen LogP contribution in [0.1, 0.15) is 5.69 Å². The third kappa shape index (κ3) is 1.86. The van der Waals surface area contributed by atoms with Crippen molar-refractivity contribution < 1.29 is 5.11 Å². The molecule has 0 aliphatic heterocycles. The number of rotatable bonds is 2. The maximum atomic E-state index is 9.43. The Labute approximate surface area is 104 Å². The van der Waals surface area contributed by atoms with Gasteiger partial charge in [-0.25, -0.2) is 9.97 Å². The molecular weight excluding hydrogens is 228 g/mol. The molecule has 5 heteroatoms. The minimum absolute atomic E-state index is 0.218. The summed E-state index contributed by atoms with van der Waals surface area (Å²) in [6, 6.07) is 8.90. The molecule has 3 rings (SSSR count). The van der Waals surface area contributed by atoms with E-state index >= 15 is 0 Å². The van der Waals surface area contributed by atoms with Gasteiger partial charge in [0.05, 0.1) is 5.39 Å². The van der Waals surface area contributed by atoms with Crippen molar-refractivity contribution in [2.45, 2.75) is 6.92 Å². The minimum atomic E-state index is 0.218. The Hall–Kier alpha value is -2.56. The lowest BCUT2D eigenvalue weighted by molar-refractivity contribution is 0.475. The van der Waals surface area contributed by atoms with E-state index in [2.05, 4.69) is 20.3 Å². The zero-order valence-corrected chi connectivity index (χ0v) is 9.81. The Morgan fingerprint density at radius 2 is 2.11 bits per heavy atom. The van der Waals surface area contributed by atoms with E-state index in [-0.39, 0.29) is 5.75 Å². The Balaban J connectivity index is 2.04. The highest BCUT2D eigenvalue weighted by Crippen LogP contribution is 2.24. The molecule has 0 aliphatic carbocycles. The monoisotopic (exact) mass is 240 g/mol. The number of phenols is 1. The first-order valence-electron chi connectivity index (χ1n) is 5.59. The third-order valence-corrected chi connectivity index (χ3v) is 2.67. The number of aromatic amines is 1. The predicted molar refractivity (Wildman–Crippen MR) is 70.0 cm³/mol. The van der Waals surface area contributed by atoms with Gasteiger partial charge in [-0.1, -0.05) is 6.07 Å². The summed E-state index contributed by atoms with van der Waals surface area (Å²) in [6.07, 6.45) is 1.50. The number of fused-ring (bicyclic) bond motifs is 1. The van der Waals surface area contributed by atoms with Crippen LogP contribution in [0, 0.1) is 6.92 Å². The van der Waals surface area contributed by atoms with Crippen LogP contribution >= 0.6 is 0 Å². The molecule has 18 heavy (non-hydrogen) atoms. The largest absolute Gasteiger partial charge is 0.508 e. The Kier molecular flexibility index (Phi) is 2.37. The lowest BCUT2D eigenvalue weighted by Gasteiger charge is -2.06. The molecule has 0 saturated carbocycles. The number of benzene rings is 1. The van der Waals surface area contributed by atoms with Crippen LogP contribution in [-0.4, -0.2) is 20.1 Å². The summed E-state index contributed by atoms with van der Waals surface area (Å²) in [6.45, 7) is 1.97. The maximum absolute atomic E-state index is 9.43. The molecule has 0 atom stereocenters. The summed E-state index contributed by atoms with van der Waals surface area (Å²) in [5.74, 6) is 0.936. The van der Waals surface area contributed by atoms with E-state index in [0.717, 1.165) is 28.2 Å². The van der Waals surface area contributed by atoms with Crippen LogP contribution in [-0.2, 0) is 0 Å². The second kappa shape index (κ2) is 4.03. The molecule has 3 N–H and O–H groups in total. The normalized spacial score (nSPS) is 10.7. The molecule has 0 spiro atoms. The van der Waals surface area contributed by atoms with Gasteiger partial charge in [-0.3, -0.25) is 0 Å². The molecule has 0 fully saturated rings. The molecule has 90 valence electrons. The van der Waals surface area contributed by atoms with Crippen LogP contribution in [0.5, 0.6) is 5.75 Å². The van der Waals surface area contributed by atoms with Crippen molar-refractivity contribution >= 4 is 22.5 Å². The summed E-state index contributed by atoms with van der Waals surface area (Å²) in [5, 5.41) is 13.5. The fraction of sp³-hybridized carbons (Fsp3) is 0.0769. The van der Waals surface area contributed by atoms with E-state index in [1.807, 2.05) is 19.1 Å². The standard InChI is InChI=1S/C13H12N4O/c1-8-5-11-12(16-8)14-7-15-13(11)17-9-3-2-4-10(18)6-9/h2-7,18H,1H3,(H2,14,15,16,17). The highest BCUT2D eigenvalue weighted by molar-refractivity contribution is 5.89. The number of anilines is 2. The topological polar surface area (TPSA) is 73.8 Å². The first kappa shape index (κ1) is 10.6. The van der Waals surface area contributed by atoms with E-state index in [4.69, 9.17) is 0 Å². The van der Waals surface area contributed by atoms with Gasteiger partial charge in [-0.15, -0.1) is 0 Å². The molecule has 0 radical (unpaired) electrons. The van der Waals surface area contributed by atoms with Gasteiger partial charge in [0.1, 0.15) is 23.5 Å². The summed E-state index contributed by atoms with van der Waals surface area (Å²) >= 11 is 0. The van der Waals surface area contributed by atoms with Gasteiger partial charge in [0.2, 0.25) is 0 Å². The van der Waals surface area contributed by atoms with Crippen LogP contribution in [0.3, 0.4) is 0 Å². The van der Waals surface area contributed by atoms with Gasteiger partial charge >= 0.3 is 0 Å². The molecule has 0 saturated heterocycles. The first-order chi connectivity index (χ1) is 8.72. The second-order valence-electron chi connectivity index (χ2n) is 4.11. The molecule has 0 amide bonds. The van der Waals surface area contributed by atoms with Crippen LogP contribution in [0.25, 0.3) is 11.0 Å². The van der Waals surface area contributed by atoms with Crippen molar-refractivity contribution in [3.05, 3.63) is 42.4 Å². The summed E-state index contributed by atoms with van der Waals surface area (Å²) < 4.78 is 0. The molecule has 3 aromatic rings. The Bertz CT molecular complexity index is 705. The van der Waals surface area contributed by atoms with Crippen molar-refractivity contribution in [3.63, 3.8) is 0 Å². The fourth-order valence-corrected chi connectivity index (χ4v) is 1.89. The van der Waals surface area contributed by atoms with Crippen molar-refractivity contribution in [2.75, 3.05) is 5.32 Å². The van der Waals surface area contributed by atoms with Crippen LogP contribution in [0.15, 0.2) is 36.7 Å². The van der Waals surface area contributed by atoms with Gasteiger partial charge in [0, 0.05) is 17.4 Å². The highest BCUT2D eigenvalue weighted by atomic mass is 16.3. The van der Waals surface area contributed by atoms with Crippen molar-refractivity contribution in [1.29, 1.82) is 0 Å². The fourth-order valence-electron chi connectivity index (χ4n) is 1.89. The van der Waals surface area contributed by atoms with Crippen LogP contribution in [0.4, 0.5) is 11.5 Å². The first-order valence-corrected chi connectivity index (χ1v) is 5.59. The quantitative estimate of drug-likeness (QED) is 0.644. The molecule has 0 bridgehead atoms. The molecule has 5 nitrogen and oxygen atoms in total. The average Bonchev–Trinajstić information content (AvgIpc) is 2.71. The lowest BCUT2D eigenvalue weighted by Crippen LogP contribution is -1.94. The smallest absolute Gasteiger partial charge is 0.143 e. The Morgan fingerprint density at radius 3 is 2.94 bits per heavy atom. The number of aromatic hydroxyl groups is 1. The van der Waals surface area contributed by atoms with E-state index in [1.165, 1.54) is 6.33 Å².